The van der Waals surface area contributed by atoms with Gasteiger partial charge in [-0.15, -0.1) is 0 Å². The summed E-state index contributed by atoms with van der Waals surface area (Å²) in [7, 11) is 0. The number of carbonyl (C=O) groups excluding carboxylic acids is 2. The molecule has 0 aromatic heterocycles. The lowest BCUT2D eigenvalue weighted by atomic mass is 10.0. The van der Waals surface area contributed by atoms with E-state index in [-0.39, 0.29) is 24.4 Å². The van der Waals surface area contributed by atoms with Gasteiger partial charge in [0.05, 0.1) is 12.6 Å². The van der Waals surface area contributed by atoms with Gasteiger partial charge in [0.15, 0.2) is 0 Å². The number of hydrogen-bond donors (Lipinski definition) is 1. The molecule has 0 saturated carbocycles. The maximum atomic E-state index is 13.3. The highest BCUT2D eigenvalue weighted by Crippen LogP contribution is 2.27. The number of hydrogen-bond acceptors (Lipinski definition) is 3. The fraction of sp³-hybridized carbons (Fsp3) is 0.417. The summed E-state index contributed by atoms with van der Waals surface area (Å²) in [6.45, 7) is 7.58. The summed E-state index contributed by atoms with van der Waals surface area (Å²) in [4.78, 5) is 29.9. The average Bonchev–Trinajstić information content (AvgIpc) is 2.73. The van der Waals surface area contributed by atoms with Crippen LogP contribution < -0.4 is 10.2 Å². The van der Waals surface area contributed by atoms with Crippen molar-refractivity contribution in [3.05, 3.63) is 59.7 Å². The number of benzene rings is 2. The molecule has 29 heavy (non-hydrogen) atoms. The van der Waals surface area contributed by atoms with Gasteiger partial charge in [-0.25, -0.2) is 0 Å². The maximum Gasteiger partial charge on any atom is 0.244 e. The summed E-state index contributed by atoms with van der Waals surface area (Å²) in [5.41, 5.74) is 4.07. The van der Waals surface area contributed by atoms with Crippen molar-refractivity contribution in [1.29, 1.82) is 0 Å². The van der Waals surface area contributed by atoms with E-state index in [1.54, 1.807) is 0 Å². The molecule has 3 rings (SSSR count). The highest BCUT2D eigenvalue weighted by molar-refractivity contribution is 5.99. The van der Waals surface area contributed by atoms with Crippen LogP contribution in [0.15, 0.2) is 48.5 Å². The van der Waals surface area contributed by atoms with Gasteiger partial charge >= 0.3 is 0 Å². The molecule has 0 bridgehead atoms. The minimum atomic E-state index is -0.358. The van der Waals surface area contributed by atoms with E-state index in [0.717, 1.165) is 42.7 Å². The predicted molar refractivity (Wildman–Crippen MR) is 118 cm³/mol. The molecule has 1 N–H and O–H groups in total. The summed E-state index contributed by atoms with van der Waals surface area (Å²) in [6, 6.07) is 15.5. The fourth-order valence-corrected chi connectivity index (χ4v) is 3.93. The van der Waals surface area contributed by atoms with Gasteiger partial charge in [-0.1, -0.05) is 43.3 Å². The van der Waals surface area contributed by atoms with E-state index in [0.29, 0.717) is 6.54 Å². The van der Waals surface area contributed by atoms with Crippen molar-refractivity contribution >= 4 is 23.2 Å². The second-order valence-electron chi connectivity index (χ2n) is 7.73. The number of anilines is 2. The maximum absolute atomic E-state index is 13.3. The molecule has 1 aliphatic rings. The van der Waals surface area contributed by atoms with E-state index < -0.39 is 0 Å². The van der Waals surface area contributed by atoms with Crippen LogP contribution in [0, 0.1) is 6.92 Å². The number of nitrogens with zero attached hydrogens (tertiary/aromatic N) is 2. The van der Waals surface area contributed by atoms with Crippen molar-refractivity contribution < 1.29 is 9.59 Å². The van der Waals surface area contributed by atoms with Gasteiger partial charge in [0.25, 0.3) is 0 Å². The van der Waals surface area contributed by atoms with Crippen molar-refractivity contribution in [1.82, 2.24) is 4.90 Å². The summed E-state index contributed by atoms with van der Waals surface area (Å²) >= 11 is 0. The minimum Gasteiger partial charge on any atom is -0.325 e. The fourth-order valence-electron chi connectivity index (χ4n) is 3.93. The molecule has 1 aliphatic heterocycles. The van der Waals surface area contributed by atoms with Gasteiger partial charge in [0.2, 0.25) is 11.8 Å². The van der Waals surface area contributed by atoms with E-state index in [2.05, 4.69) is 18.3 Å². The SMILES string of the molecule is CCCN(CC(=O)Nc1ccccc1C)C(C)C(=O)N1CCCc2ccccc21. The van der Waals surface area contributed by atoms with Crippen LogP contribution >= 0.6 is 0 Å². The lowest BCUT2D eigenvalue weighted by Gasteiger charge is -2.35. The molecule has 0 fully saturated rings. The number of aryl methyl sites for hydroxylation is 2. The van der Waals surface area contributed by atoms with Crippen LogP contribution in [0.2, 0.25) is 0 Å². The Labute approximate surface area is 173 Å². The zero-order valence-corrected chi connectivity index (χ0v) is 17.6. The first-order valence-corrected chi connectivity index (χ1v) is 10.5. The molecule has 154 valence electrons. The molecule has 5 nitrogen and oxygen atoms in total. The molecular weight excluding hydrogens is 362 g/mol. The highest BCUT2D eigenvalue weighted by atomic mass is 16.2. The summed E-state index contributed by atoms with van der Waals surface area (Å²) in [5.74, 6) is -0.0271. The Bertz CT molecular complexity index is 865. The summed E-state index contributed by atoms with van der Waals surface area (Å²) in [6.07, 6.45) is 2.86. The second kappa shape index (κ2) is 9.70. The molecule has 0 saturated heterocycles. The quantitative estimate of drug-likeness (QED) is 0.773. The smallest absolute Gasteiger partial charge is 0.244 e. The van der Waals surface area contributed by atoms with Gasteiger partial charge in [-0.3, -0.25) is 14.5 Å². The molecular formula is C24H31N3O2. The number of amides is 2. The Morgan fingerprint density at radius 2 is 1.86 bits per heavy atom. The van der Waals surface area contributed by atoms with E-state index in [1.807, 2.05) is 66.1 Å². The minimum absolute atomic E-state index is 0.0642. The van der Waals surface area contributed by atoms with Crippen LogP contribution in [0.25, 0.3) is 0 Å². The van der Waals surface area contributed by atoms with Crippen LogP contribution in [0.4, 0.5) is 11.4 Å². The molecule has 1 heterocycles. The predicted octanol–water partition coefficient (Wildman–Crippen LogP) is 4.01. The Hall–Kier alpha value is -2.66. The molecule has 0 spiro atoms. The van der Waals surface area contributed by atoms with Crippen LogP contribution in [0.5, 0.6) is 0 Å². The van der Waals surface area contributed by atoms with E-state index in [9.17, 15) is 9.59 Å². The monoisotopic (exact) mass is 393 g/mol. The van der Waals surface area contributed by atoms with E-state index >= 15 is 0 Å². The number of nitrogens with one attached hydrogen (secondary N) is 1. The van der Waals surface area contributed by atoms with Crippen LogP contribution in [-0.4, -0.2) is 42.4 Å². The van der Waals surface area contributed by atoms with E-state index in [4.69, 9.17) is 0 Å². The number of carbonyl (C=O) groups is 2. The Morgan fingerprint density at radius 1 is 1.14 bits per heavy atom. The van der Waals surface area contributed by atoms with Crippen LogP contribution in [0.3, 0.4) is 0 Å². The second-order valence-corrected chi connectivity index (χ2v) is 7.73. The van der Waals surface area contributed by atoms with Gasteiger partial charge in [0.1, 0.15) is 0 Å². The Kier molecular flexibility index (Phi) is 7.04. The summed E-state index contributed by atoms with van der Waals surface area (Å²) in [5, 5.41) is 2.98. The Balaban J connectivity index is 1.71. The van der Waals surface area contributed by atoms with Gasteiger partial charge in [0, 0.05) is 17.9 Å². The van der Waals surface area contributed by atoms with Crippen molar-refractivity contribution in [3.63, 3.8) is 0 Å². The van der Waals surface area contributed by atoms with Crippen LogP contribution in [-0.2, 0) is 16.0 Å². The third-order valence-corrected chi connectivity index (χ3v) is 5.56. The zero-order chi connectivity index (χ0) is 20.8. The van der Waals surface area contributed by atoms with Gasteiger partial charge in [-0.05, 0) is 62.9 Å². The normalized spacial score (nSPS) is 14.4. The first kappa shape index (κ1) is 21.1. The summed E-state index contributed by atoms with van der Waals surface area (Å²) < 4.78 is 0. The first-order valence-electron chi connectivity index (χ1n) is 10.5. The Morgan fingerprint density at radius 3 is 2.62 bits per heavy atom. The number of fused-ring (bicyclic) bond motifs is 1. The molecule has 2 amide bonds. The lowest BCUT2D eigenvalue weighted by molar-refractivity contribution is -0.125. The molecule has 0 radical (unpaired) electrons. The standard InChI is InChI=1S/C24H31N3O2/c1-4-15-26(17-23(28)25-21-13-7-5-10-18(21)2)19(3)24(29)27-16-9-12-20-11-6-8-14-22(20)27/h5-8,10-11,13-14,19H,4,9,12,15-17H2,1-3H3,(H,25,28). The van der Waals surface area contributed by atoms with Crippen molar-refractivity contribution in [3.8, 4) is 0 Å². The zero-order valence-electron chi connectivity index (χ0n) is 17.6. The van der Waals surface area contributed by atoms with Gasteiger partial charge in [-0.2, -0.15) is 0 Å². The molecule has 5 heteroatoms. The molecule has 1 unspecified atom stereocenters. The molecule has 0 aliphatic carbocycles. The van der Waals surface area contributed by atoms with Crippen molar-refractivity contribution in [2.45, 2.75) is 46.1 Å². The molecule has 2 aromatic rings. The first-order chi connectivity index (χ1) is 14.0. The number of para-hydroxylation sites is 2. The number of rotatable bonds is 7. The third-order valence-electron chi connectivity index (χ3n) is 5.56. The lowest BCUT2D eigenvalue weighted by Crippen LogP contribution is -2.51. The molecule has 1 atom stereocenters. The molecule has 2 aromatic carbocycles. The average molecular weight is 394 g/mol. The van der Waals surface area contributed by atoms with Crippen LogP contribution in [0.1, 0.15) is 37.8 Å². The van der Waals surface area contributed by atoms with Crippen molar-refractivity contribution in [2.75, 3.05) is 29.9 Å². The third kappa shape index (κ3) is 5.04. The highest BCUT2D eigenvalue weighted by Gasteiger charge is 2.30. The largest absolute Gasteiger partial charge is 0.325 e. The van der Waals surface area contributed by atoms with Gasteiger partial charge < -0.3 is 10.2 Å². The topological polar surface area (TPSA) is 52.7 Å². The van der Waals surface area contributed by atoms with Crippen molar-refractivity contribution in [2.24, 2.45) is 0 Å². The van der Waals surface area contributed by atoms with E-state index in [1.165, 1.54) is 5.56 Å².